The van der Waals surface area contributed by atoms with Gasteiger partial charge >= 0.3 is 0 Å². The van der Waals surface area contributed by atoms with Gasteiger partial charge in [-0.1, -0.05) is 24.3 Å². The van der Waals surface area contributed by atoms with E-state index in [1.807, 2.05) is 30.3 Å². The minimum absolute atomic E-state index is 0. The molecule has 22 heavy (non-hydrogen) atoms. The number of rotatable bonds is 4. The lowest BCUT2D eigenvalue weighted by atomic mass is 10.1. The van der Waals surface area contributed by atoms with Crippen LogP contribution in [0.4, 0.5) is 0 Å². The molecule has 1 aromatic heterocycles. The molecule has 1 amide bonds. The van der Waals surface area contributed by atoms with Gasteiger partial charge in [-0.15, -0.1) is 24.8 Å². The molecule has 120 valence electrons. The number of aromatic nitrogens is 1. The van der Waals surface area contributed by atoms with Crippen LogP contribution in [0.15, 0.2) is 36.4 Å². The van der Waals surface area contributed by atoms with E-state index in [0.717, 1.165) is 37.0 Å². The Hall–Kier alpha value is -1.36. The van der Waals surface area contributed by atoms with Crippen molar-refractivity contribution >= 4 is 41.6 Å². The molecule has 1 unspecified atom stereocenters. The number of fused-ring (bicyclic) bond motifs is 1. The van der Waals surface area contributed by atoms with Gasteiger partial charge in [0.1, 0.15) is 5.69 Å². The SMILES string of the molecule is Cl.Cl.O=C(NCCC1CCNC1)c1ccc2ccccc2n1. The van der Waals surface area contributed by atoms with Gasteiger partial charge in [0, 0.05) is 11.9 Å². The van der Waals surface area contributed by atoms with Crippen molar-refractivity contribution in [1.29, 1.82) is 0 Å². The van der Waals surface area contributed by atoms with Crippen LogP contribution < -0.4 is 10.6 Å². The molecule has 1 atom stereocenters. The highest BCUT2D eigenvalue weighted by atomic mass is 35.5. The topological polar surface area (TPSA) is 54.0 Å². The molecule has 2 heterocycles. The van der Waals surface area contributed by atoms with Crippen molar-refractivity contribution in [2.75, 3.05) is 19.6 Å². The van der Waals surface area contributed by atoms with Gasteiger partial charge in [-0.05, 0) is 44.0 Å². The van der Waals surface area contributed by atoms with Crippen LogP contribution in [0.25, 0.3) is 10.9 Å². The Bertz CT molecular complexity index is 615. The van der Waals surface area contributed by atoms with Gasteiger partial charge in [0.25, 0.3) is 5.91 Å². The highest BCUT2D eigenvalue weighted by molar-refractivity contribution is 5.94. The predicted octanol–water partition coefficient (Wildman–Crippen LogP) is 2.81. The Morgan fingerprint density at radius 1 is 1.23 bits per heavy atom. The van der Waals surface area contributed by atoms with E-state index in [-0.39, 0.29) is 30.7 Å². The molecule has 1 saturated heterocycles. The number of carbonyl (C=O) groups is 1. The fourth-order valence-corrected chi connectivity index (χ4v) is 2.63. The van der Waals surface area contributed by atoms with Crippen molar-refractivity contribution in [3.05, 3.63) is 42.1 Å². The lowest BCUT2D eigenvalue weighted by Gasteiger charge is -2.09. The van der Waals surface area contributed by atoms with Gasteiger partial charge in [-0.2, -0.15) is 0 Å². The molecule has 6 heteroatoms. The first-order valence-electron chi connectivity index (χ1n) is 7.17. The number of hydrogen-bond acceptors (Lipinski definition) is 3. The third-order valence-corrected chi connectivity index (χ3v) is 3.83. The zero-order valence-corrected chi connectivity index (χ0v) is 13.9. The van der Waals surface area contributed by atoms with Crippen molar-refractivity contribution in [2.45, 2.75) is 12.8 Å². The van der Waals surface area contributed by atoms with Crippen LogP contribution in [0.2, 0.25) is 0 Å². The van der Waals surface area contributed by atoms with Crippen molar-refractivity contribution < 1.29 is 4.79 Å². The number of para-hydroxylation sites is 1. The molecule has 0 aliphatic carbocycles. The quantitative estimate of drug-likeness (QED) is 0.898. The van der Waals surface area contributed by atoms with Crippen LogP contribution in [0.5, 0.6) is 0 Å². The Labute approximate surface area is 142 Å². The third-order valence-electron chi connectivity index (χ3n) is 3.83. The van der Waals surface area contributed by atoms with Crippen LogP contribution in [0.3, 0.4) is 0 Å². The molecule has 0 radical (unpaired) electrons. The molecule has 0 bridgehead atoms. The van der Waals surface area contributed by atoms with Crippen LogP contribution >= 0.6 is 24.8 Å². The van der Waals surface area contributed by atoms with Gasteiger partial charge in [0.15, 0.2) is 0 Å². The summed E-state index contributed by atoms with van der Waals surface area (Å²) in [6.07, 6.45) is 2.25. The lowest BCUT2D eigenvalue weighted by Crippen LogP contribution is -2.27. The molecule has 1 fully saturated rings. The average Bonchev–Trinajstić information content (AvgIpc) is 3.00. The molecule has 1 aliphatic heterocycles. The van der Waals surface area contributed by atoms with Gasteiger partial charge in [-0.25, -0.2) is 4.98 Å². The number of nitrogens with one attached hydrogen (secondary N) is 2. The fourth-order valence-electron chi connectivity index (χ4n) is 2.63. The van der Waals surface area contributed by atoms with Gasteiger partial charge in [-0.3, -0.25) is 4.79 Å². The second kappa shape index (κ2) is 8.93. The summed E-state index contributed by atoms with van der Waals surface area (Å²) in [5.74, 6) is 0.613. The van der Waals surface area contributed by atoms with Gasteiger partial charge < -0.3 is 10.6 Å². The number of halogens is 2. The predicted molar refractivity (Wildman–Crippen MR) is 94.2 cm³/mol. The van der Waals surface area contributed by atoms with E-state index < -0.39 is 0 Å². The van der Waals surface area contributed by atoms with E-state index in [4.69, 9.17) is 0 Å². The standard InChI is InChI=1S/C16H19N3O.2ClH/c20-16(18-10-8-12-7-9-17-11-12)15-6-5-13-3-1-2-4-14(13)19-15;;/h1-6,12,17H,7-11H2,(H,18,20);2*1H. The minimum Gasteiger partial charge on any atom is -0.351 e. The monoisotopic (exact) mass is 341 g/mol. The van der Waals surface area contributed by atoms with Gasteiger partial charge in [0.05, 0.1) is 5.52 Å². The molecule has 2 aromatic rings. The summed E-state index contributed by atoms with van der Waals surface area (Å²) in [6.45, 7) is 2.90. The van der Waals surface area contributed by atoms with Gasteiger partial charge in [0.2, 0.25) is 0 Å². The number of carbonyl (C=O) groups excluding carboxylic acids is 1. The fraction of sp³-hybridized carbons (Fsp3) is 0.375. The van der Waals surface area contributed by atoms with Crippen molar-refractivity contribution in [2.24, 2.45) is 5.92 Å². The summed E-state index contributed by atoms with van der Waals surface area (Å²) in [5, 5.41) is 7.36. The Morgan fingerprint density at radius 3 is 2.82 bits per heavy atom. The molecule has 2 N–H and O–H groups in total. The maximum absolute atomic E-state index is 12.1. The first kappa shape index (κ1) is 18.7. The van der Waals surface area contributed by atoms with E-state index in [1.54, 1.807) is 6.07 Å². The molecular formula is C16H21Cl2N3O. The van der Waals surface area contributed by atoms with Crippen molar-refractivity contribution in [1.82, 2.24) is 15.6 Å². The summed E-state index contributed by atoms with van der Waals surface area (Å²) in [7, 11) is 0. The third kappa shape index (κ3) is 4.57. The normalized spacial score (nSPS) is 16.6. The van der Waals surface area contributed by atoms with Crippen LogP contribution in [0, 0.1) is 5.92 Å². The lowest BCUT2D eigenvalue weighted by molar-refractivity contribution is 0.0947. The first-order chi connectivity index (χ1) is 9.83. The second-order valence-corrected chi connectivity index (χ2v) is 5.29. The highest BCUT2D eigenvalue weighted by Gasteiger charge is 2.14. The minimum atomic E-state index is -0.0818. The number of hydrogen-bond donors (Lipinski definition) is 2. The number of nitrogens with zero attached hydrogens (tertiary/aromatic N) is 1. The first-order valence-corrected chi connectivity index (χ1v) is 7.17. The summed E-state index contributed by atoms with van der Waals surface area (Å²) >= 11 is 0. The maximum Gasteiger partial charge on any atom is 0.269 e. The smallest absolute Gasteiger partial charge is 0.269 e. The van der Waals surface area contributed by atoms with Crippen LogP contribution in [0.1, 0.15) is 23.3 Å². The molecule has 3 rings (SSSR count). The Kier molecular flexibility index (Phi) is 7.59. The van der Waals surface area contributed by atoms with Crippen molar-refractivity contribution in [3.8, 4) is 0 Å². The molecule has 1 aliphatic rings. The summed E-state index contributed by atoms with van der Waals surface area (Å²) < 4.78 is 0. The summed E-state index contributed by atoms with van der Waals surface area (Å²) in [4.78, 5) is 16.5. The molecule has 0 saturated carbocycles. The molecular weight excluding hydrogens is 321 g/mol. The van der Waals surface area contributed by atoms with Crippen LogP contribution in [-0.2, 0) is 0 Å². The highest BCUT2D eigenvalue weighted by Crippen LogP contribution is 2.13. The number of amides is 1. The van der Waals surface area contributed by atoms with Crippen LogP contribution in [-0.4, -0.2) is 30.5 Å². The number of pyridine rings is 1. The molecule has 0 spiro atoms. The molecule has 4 nitrogen and oxygen atoms in total. The van der Waals surface area contributed by atoms with E-state index in [1.165, 1.54) is 6.42 Å². The van der Waals surface area contributed by atoms with E-state index in [2.05, 4.69) is 15.6 Å². The second-order valence-electron chi connectivity index (χ2n) is 5.29. The van der Waals surface area contributed by atoms with E-state index in [0.29, 0.717) is 11.6 Å². The summed E-state index contributed by atoms with van der Waals surface area (Å²) in [6, 6.07) is 11.6. The average molecular weight is 342 g/mol. The largest absolute Gasteiger partial charge is 0.351 e. The van der Waals surface area contributed by atoms with Crippen molar-refractivity contribution in [3.63, 3.8) is 0 Å². The van der Waals surface area contributed by atoms with E-state index in [9.17, 15) is 4.79 Å². The Morgan fingerprint density at radius 2 is 2.05 bits per heavy atom. The summed E-state index contributed by atoms with van der Waals surface area (Å²) in [5.41, 5.74) is 1.35. The zero-order chi connectivity index (χ0) is 13.8. The van der Waals surface area contributed by atoms with E-state index >= 15 is 0 Å². The zero-order valence-electron chi connectivity index (χ0n) is 12.2. The maximum atomic E-state index is 12.1. The molecule has 1 aromatic carbocycles. The Balaban J connectivity index is 0.00000121. The number of benzene rings is 1.